The second-order valence-electron chi connectivity index (χ2n) is 3.30. The van der Waals surface area contributed by atoms with Gasteiger partial charge in [0.05, 0.1) is 0 Å². The van der Waals surface area contributed by atoms with Gasteiger partial charge in [0.2, 0.25) is 0 Å². The van der Waals surface area contributed by atoms with Crippen LogP contribution >= 0.6 is 0 Å². The van der Waals surface area contributed by atoms with Crippen molar-refractivity contribution in [3.63, 3.8) is 0 Å². The normalized spacial score (nSPS) is 19.7. The standard InChI is InChI=1S/C4H9B3O3/c1-4(2,3)7-9-5-8-6-10-7/h1-3H3. The molecule has 0 amide bonds. The van der Waals surface area contributed by atoms with E-state index in [1.165, 1.54) is 15.4 Å². The van der Waals surface area contributed by atoms with E-state index in [0.29, 0.717) is 0 Å². The van der Waals surface area contributed by atoms with E-state index in [-0.39, 0.29) is 12.4 Å². The van der Waals surface area contributed by atoms with Crippen LogP contribution in [0.4, 0.5) is 0 Å². The zero-order valence-electron chi connectivity index (χ0n) is 6.46. The van der Waals surface area contributed by atoms with Gasteiger partial charge in [-0.1, -0.05) is 20.8 Å². The van der Waals surface area contributed by atoms with E-state index < -0.39 is 0 Å². The Labute approximate surface area is 63.2 Å². The van der Waals surface area contributed by atoms with Crippen LogP contribution in [0.3, 0.4) is 0 Å². The lowest BCUT2D eigenvalue weighted by Gasteiger charge is -2.28. The highest BCUT2D eigenvalue weighted by molar-refractivity contribution is 6.63. The Morgan fingerprint density at radius 3 is 1.90 bits per heavy atom. The Hall–Kier alpha value is 0.0748. The fourth-order valence-electron chi connectivity index (χ4n) is 0.628. The van der Waals surface area contributed by atoms with Gasteiger partial charge in [0, 0.05) is 0 Å². The summed E-state index contributed by atoms with van der Waals surface area (Å²) in [6.45, 7) is 6.10. The van der Waals surface area contributed by atoms with Crippen molar-refractivity contribution in [2.45, 2.75) is 26.1 Å². The third kappa shape index (κ3) is 2.04. The van der Waals surface area contributed by atoms with E-state index in [2.05, 4.69) is 4.57 Å². The van der Waals surface area contributed by atoms with Crippen LogP contribution in [0.5, 0.6) is 0 Å². The second-order valence-corrected chi connectivity index (χ2v) is 3.30. The van der Waals surface area contributed by atoms with Crippen molar-refractivity contribution in [1.82, 2.24) is 0 Å². The summed E-state index contributed by atoms with van der Waals surface area (Å²) in [4.78, 5) is 0. The van der Waals surface area contributed by atoms with Gasteiger partial charge >= 0.3 is 22.5 Å². The second kappa shape index (κ2) is 2.99. The zero-order valence-corrected chi connectivity index (χ0v) is 6.46. The van der Waals surface area contributed by atoms with Crippen molar-refractivity contribution in [3.05, 3.63) is 0 Å². The van der Waals surface area contributed by atoms with E-state index in [0.717, 1.165) is 0 Å². The van der Waals surface area contributed by atoms with Crippen LogP contribution in [-0.4, -0.2) is 22.5 Å². The van der Waals surface area contributed by atoms with Crippen LogP contribution in [0.2, 0.25) is 5.31 Å². The van der Waals surface area contributed by atoms with Crippen LogP contribution in [0.1, 0.15) is 20.8 Å². The van der Waals surface area contributed by atoms with Crippen molar-refractivity contribution in [2.24, 2.45) is 0 Å². The molecule has 10 heavy (non-hydrogen) atoms. The topological polar surface area (TPSA) is 27.7 Å². The lowest BCUT2D eigenvalue weighted by atomic mass is 9.59. The first-order valence-corrected chi connectivity index (χ1v) is 3.20. The maximum Gasteiger partial charge on any atom is 0.458 e. The smallest absolute Gasteiger partial charge is 0.457 e. The highest BCUT2D eigenvalue weighted by atomic mass is 16.7. The SMILES string of the molecule is CC(C)(C)B1O[B]O[B]O1. The van der Waals surface area contributed by atoms with E-state index in [9.17, 15) is 0 Å². The molecule has 0 unspecified atom stereocenters. The molecule has 1 aliphatic rings. The minimum absolute atomic E-state index is 0.0171. The summed E-state index contributed by atoms with van der Waals surface area (Å²) in [5, 5.41) is -0.0171. The van der Waals surface area contributed by atoms with Gasteiger partial charge in [-0.05, 0) is 5.31 Å². The Morgan fingerprint density at radius 1 is 1.10 bits per heavy atom. The molecule has 0 spiro atoms. The molecule has 0 aromatic heterocycles. The summed E-state index contributed by atoms with van der Waals surface area (Å²) in [7, 11) is 2.32. The monoisotopic (exact) mass is 138 g/mol. The fraction of sp³-hybridized carbons (Fsp3) is 1.00. The molecule has 1 heterocycles. The largest absolute Gasteiger partial charge is 0.458 e. The first-order valence-electron chi connectivity index (χ1n) is 3.20. The molecular formula is C4H9B3O3. The lowest BCUT2D eigenvalue weighted by molar-refractivity contribution is 0.298. The van der Waals surface area contributed by atoms with E-state index in [4.69, 9.17) is 9.14 Å². The molecule has 3 nitrogen and oxygen atoms in total. The van der Waals surface area contributed by atoms with Crippen LogP contribution in [-0.2, 0) is 13.7 Å². The molecule has 0 aromatic rings. The third-order valence-corrected chi connectivity index (χ3v) is 1.18. The molecule has 0 bridgehead atoms. The summed E-state index contributed by atoms with van der Waals surface area (Å²) in [6.07, 6.45) is 0. The molecule has 2 radical (unpaired) electrons. The zero-order chi connectivity index (χ0) is 7.61. The molecule has 0 aliphatic carbocycles. The predicted molar refractivity (Wildman–Crippen MR) is 40.2 cm³/mol. The Kier molecular flexibility index (Phi) is 2.44. The van der Waals surface area contributed by atoms with Crippen molar-refractivity contribution >= 4 is 22.5 Å². The third-order valence-electron chi connectivity index (χ3n) is 1.18. The average Bonchev–Trinajstić information content (AvgIpc) is 1.88. The predicted octanol–water partition coefficient (Wildman–Crippen LogP) is 0.406. The maximum absolute atomic E-state index is 5.04. The van der Waals surface area contributed by atoms with E-state index >= 15 is 0 Å². The first-order chi connectivity index (χ1) is 4.61. The van der Waals surface area contributed by atoms with E-state index in [1.54, 1.807) is 0 Å². The number of rotatable bonds is 0. The summed E-state index contributed by atoms with van der Waals surface area (Å²) in [5.74, 6) is 0. The van der Waals surface area contributed by atoms with Gasteiger partial charge in [-0.15, -0.1) is 0 Å². The molecule has 0 saturated carbocycles. The highest BCUT2D eigenvalue weighted by Gasteiger charge is 2.36. The summed E-state index contributed by atoms with van der Waals surface area (Å²) >= 11 is 0. The van der Waals surface area contributed by atoms with Gasteiger partial charge in [0.15, 0.2) is 0 Å². The molecule has 0 aromatic carbocycles. The van der Waals surface area contributed by atoms with Gasteiger partial charge in [-0.25, -0.2) is 0 Å². The first kappa shape index (κ1) is 8.17. The molecule has 1 saturated heterocycles. The van der Waals surface area contributed by atoms with Crippen molar-refractivity contribution in [2.75, 3.05) is 0 Å². The van der Waals surface area contributed by atoms with E-state index in [1.807, 2.05) is 20.8 Å². The quantitative estimate of drug-likeness (QED) is 0.453. The van der Waals surface area contributed by atoms with Crippen molar-refractivity contribution < 1.29 is 13.7 Å². The summed E-state index contributed by atoms with van der Waals surface area (Å²) in [6, 6.07) is 0. The van der Waals surface area contributed by atoms with Crippen molar-refractivity contribution in [3.8, 4) is 0 Å². The number of hydrogen-bond acceptors (Lipinski definition) is 3. The molecule has 6 heteroatoms. The van der Waals surface area contributed by atoms with Crippen LogP contribution < -0.4 is 0 Å². The van der Waals surface area contributed by atoms with Crippen LogP contribution in [0.15, 0.2) is 0 Å². The lowest BCUT2D eigenvalue weighted by Crippen LogP contribution is -2.41. The van der Waals surface area contributed by atoms with Gasteiger partial charge in [-0.2, -0.15) is 0 Å². The van der Waals surface area contributed by atoms with Gasteiger partial charge in [0.25, 0.3) is 0 Å². The molecule has 0 N–H and O–H groups in total. The highest BCUT2D eigenvalue weighted by Crippen LogP contribution is 2.28. The Balaban J connectivity index is 2.39. The molecule has 1 rings (SSSR count). The summed E-state index contributed by atoms with van der Waals surface area (Å²) in [5.41, 5.74) is 0. The summed E-state index contributed by atoms with van der Waals surface area (Å²) < 4.78 is 14.7. The fourth-order valence-corrected chi connectivity index (χ4v) is 0.628. The minimum Gasteiger partial charge on any atom is -0.457 e. The van der Waals surface area contributed by atoms with Crippen LogP contribution in [0, 0.1) is 0 Å². The molecular weight excluding hydrogens is 128 g/mol. The van der Waals surface area contributed by atoms with Gasteiger partial charge < -0.3 is 13.7 Å². The van der Waals surface area contributed by atoms with Crippen LogP contribution in [0.25, 0.3) is 0 Å². The minimum atomic E-state index is -0.235. The average molecular weight is 138 g/mol. The molecule has 1 aliphatic heterocycles. The van der Waals surface area contributed by atoms with Gasteiger partial charge in [-0.3, -0.25) is 0 Å². The number of hydrogen-bond donors (Lipinski definition) is 0. The Bertz CT molecular complexity index is 107. The molecule has 52 valence electrons. The molecule has 1 fully saturated rings. The Morgan fingerprint density at radius 2 is 1.60 bits per heavy atom. The van der Waals surface area contributed by atoms with Crippen molar-refractivity contribution in [1.29, 1.82) is 0 Å². The molecule has 0 atom stereocenters. The maximum atomic E-state index is 5.04. The van der Waals surface area contributed by atoms with Gasteiger partial charge in [0.1, 0.15) is 0 Å².